The van der Waals surface area contributed by atoms with Crippen molar-refractivity contribution in [1.29, 1.82) is 0 Å². The molecule has 1 amide bonds. The number of rotatable bonds is 5. The van der Waals surface area contributed by atoms with Gasteiger partial charge in [0.05, 0.1) is 5.75 Å². The van der Waals surface area contributed by atoms with Gasteiger partial charge in [-0.15, -0.1) is 0 Å². The molecule has 0 spiro atoms. The van der Waals surface area contributed by atoms with E-state index in [1.54, 1.807) is 6.07 Å². The number of thiazole rings is 1. The molecule has 3 aromatic rings. The minimum absolute atomic E-state index is 0.164. The van der Waals surface area contributed by atoms with Gasteiger partial charge in [-0.05, 0) is 24.6 Å². The van der Waals surface area contributed by atoms with E-state index in [1.807, 2.05) is 25.9 Å². The van der Waals surface area contributed by atoms with Gasteiger partial charge in [0.15, 0.2) is 10.8 Å². The van der Waals surface area contributed by atoms with Crippen molar-refractivity contribution in [1.82, 2.24) is 15.0 Å². The van der Waals surface area contributed by atoms with Crippen molar-refractivity contribution in [3.05, 3.63) is 35.9 Å². The van der Waals surface area contributed by atoms with Crippen molar-refractivity contribution in [3.8, 4) is 0 Å². The maximum absolute atomic E-state index is 13.3. The van der Waals surface area contributed by atoms with Crippen LogP contribution in [0.2, 0.25) is 0 Å². The summed E-state index contributed by atoms with van der Waals surface area (Å²) in [6.07, 6.45) is 1.44. The summed E-state index contributed by atoms with van der Waals surface area (Å²) in [4.78, 5) is 26.9. The summed E-state index contributed by atoms with van der Waals surface area (Å²) in [7, 11) is 3.82. The smallest absolute Gasteiger partial charge is 0.234 e. The maximum atomic E-state index is 13.3. The lowest BCUT2D eigenvalue weighted by Crippen LogP contribution is -2.15. The maximum Gasteiger partial charge on any atom is 0.234 e. The van der Waals surface area contributed by atoms with E-state index in [0.29, 0.717) is 16.4 Å². The third-order valence-corrected chi connectivity index (χ3v) is 5.68. The van der Waals surface area contributed by atoms with Crippen molar-refractivity contribution < 1.29 is 9.18 Å². The number of thioether (sulfide) groups is 1. The summed E-state index contributed by atoms with van der Waals surface area (Å²) in [5.74, 6) is -0.438. The van der Waals surface area contributed by atoms with Crippen LogP contribution in [0, 0.1) is 12.7 Å². The number of carbonyl (C=O) groups is 1. The minimum atomic E-state index is -0.382. The zero-order chi connectivity index (χ0) is 18.0. The number of nitrogens with zero attached hydrogens (tertiary/aromatic N) is 4. The van der Waals surface area contributed by atoms with Gasteiger partial charge in [0.25, 0.3) is 0 Å². The van der Waals surface area contributed by atoms with Gasteiger partial charge in [0.2, 0.25) is 5.91 Å². The lowest BCUT2D eigenvalue weighted by molar-refractivity contribution is -0.113. The van der Waals surface area contributed by atoms with Gasteiger partial charge in [-0.3, -0.25) is 4.79 Å². The quantitative estimate of drug-likeness (QED) is 0.543. The predicted molar refractivity (Wildman–Crippen MR) is 100 cm³/mol. The molecule has 1 aromatic carbocycles. The van der Waals surface area contributed by atoms with Crippen molar-refractivity contribution in [2.45, 2.75) is 11.9 Å². The van der Waals surface area contributed by atoms with Gasteiger partial charge in [-0.25, -0.2) is 14.4 Å². The molecule has 130 valence electrons. The Morgan fingerprint density at radius 2 is 2.16 bits per heavy atom. The monoisotopic (exact) mass is 377 g/mol. The van der Waals surface area contributed by atoms with Crippen LogP contribution in [-0.2, 0) is 4.79 Å². The van der Waals surface area contributed by atoms with Gasteiger partial charge in [-0.1, -0.05) is 29.2 Å². The molecule has 2 aromatic heterocycles. The van der Waals surface area contributed by atoms with Crippen LogP contribution in [-0.4, -0.2) is 40.7 Å². The zero-order valence-electron chi connectivity index (χ0n) is 13.9. The number of fused-ring (bicyclic) bond motifs is 1. The highest BCUT2D eigenvalue weighted by atomic mass is 32.2. The Balaban J connectivity index is 1.72. The van der Waals surface area contributed by atoms with Gasteiger partial charge in [-0.2, -0.15) is 4.98 Å². The van der Waals surface area contributed by atoms with Crippen LogP contribution >= 0.6 is 23.1 Å². The summed E-state index contributed by atoms with van der Waals surface area (Å²) < 4.78 is 14.2. The number of halogens is 1. The van der Waals surface area contributed by atoms with Gasteiger partial charge < -0.3 is 10.2 Å². The molecule has 0 saturated carbocycles. The standard InChI is InChI=1S/C16H16FN5OS2/c1-9-4-5-10(17)6-11(9)20-12(23)7-24-15-13-14(18-8-19-15)21-16(25-13)22(2)3/h4-6,8H,7H2,1-3H3,(H,20,23). The minimum Gasteiger partial charge on any atom is -0.354 e. The Morgan fingerprint density at radius 3 is 2.92 bits per heavy atom. The zero-order valence-corrected chi connectivity index (χ0v) is 15.5. The Hall–Kier alpha value is -2.26. The molecular weight excluding hydrogens is 361 g/mol. The first kappa shape index (κ1) is 17.6. The second-order valence-corrected chi connectivity index (χ2v) is 7.46. The van der Waals surface area contributed by atoms with Crippen LogP contribution in [0.3, 0.4) is 0 Å². The van der Waals surface area contributed by atoms with E-state index in [-0.39, 0.29) is 17.5 Å². The van der Waals surface area contributed by atoms with E-state index in [2.05, 4.69) is 20.3 Å². The number of anilines is 2. The molecule has 0 fully saturated rings. The highest BCUT2D eigenvalue weighted by Gasteiger charge is 2.14. The Bertz CT molecular complexity index is 928. The molecule has 0 bridgehead atoms. The van der Waals surface area contributed by atoms with Crippen molar-refractivity contribution in [2.24, 2.45) is 0 Å². The first-order valence-electron chi connectivity index (χ1n) is 7.41. The molecule has 0 aliphatic carbocycles. The molecule has 3 rings (SSSR count). The molecule has 0 aliphatic rings. The number of aryl methyl sites for hydroxylation is 1. The number of amides is 1. The Morgan fingerprint density at radius 1 is 1.36 bits per heavy atom. The van der Waals surface area contributed by atoms with E-state index in [1.165, 1.54) is 41.6 Å². The SMILES string of the molecule is Cc1ccc(F)cc1NC(=O)CSc1ncnc2nc(N(C)C)sc12. The van der Waals surface area contributed by atoms with Crippen LogP contribution in [0.15, 0.2) is 29.6 Å². The van der Waals surface area contributed by atoms with Crippen molar-refractivity contribution in [3.63, 3.8) is 0 Å². The van der Waals surface area contributed by atoms with Crippen molar-refractivity contribution in [2.75, 3.05) is 30.1 Å². The Kier molecular flexibility index (Phi) is 5.14. The molecule has 0 radical (unpaired) electrons. The first-order valence-corrected chi connectivity index (χ1v) is 9.22. The third-order valence-electron chi connectivity index (χ3n) is 3.34. The second kappa shape index (κ2) is 7.32. The fraction of sp³-hybridized carbons (Fsp3) is 0.250. The normalized spacial score (nSPS) is 10.9. The van der Waals surface area contributed by atoms with Crippen LogP contribution in [0.5, 0.6) is 0 Å². The lowest BCUT2D eigenvalue weighted by Gasteiger charge is -2.08. The number of hydrogen-bond acceptors (Lipinski definition) is 7. The highest BCUT2D eigenvalue weighted by molar-refractivity contribution is 8.00. The van der Waals surface area contributed by atoms with Gasteiger partial charge >= 0.3 is 0 Å². The van der Waals surface area contributed by atoms with E-state index in [4.69, 9.17) is 0 Å². The van der Waals surface area contributed by atoms with Gasteiger partial charge in [0.1, 0.15) is 21.9 Å². The topological polar surface area (TPSA) is 71.0 Å². The Labute approximate surface area is 152 Å². The average molecular weight is 377 g/mol. The van der Waals surface area contributed by atoms with Crippen LogP contribution in [0.4, 0.5) is 15.2 Å². The molecule has 9 heteroatoms. The molecule has 6 nitrogen and oxygen atoms in total. The molecule has 1 N–H and O–H groups in total. The number of benzene rings is 1. The summed E-state index contributed by atoms with van der Waals surface area (Å²) in [5.41, 5.74) is 1.90. The molecule has 0 saturated heterocycles. The molecule has 0 aliphatic heterocycles. The fourth-order valence-electron chi connectivity index (χ4n) is 2.07. The molecule has 0 unspecified atom stereocenters. The molecule has 0 atom stereocenters. The molecule has 2 heterocycles. The van der Waals surface area contributed by atoms with Gasteiger partial charge in [0, 0.05) is 19.8 Å². The molecular formula is C16H16FN5OS2. The van der Waals surface area contributed by atoms with Crippen LogP contribution < -0.4 is 10.2 Å². The summed E-state index contributed by atoms with van der Waals surface area (Å²) in [5, 5.41) is 4.27. The largest absolute Gasteiger partial charge is 0.354 e. The molecule has 25 heavy (non-hydrogen) atoms. The van der Waals surface area contributed by atoms with Crippen LogP contribution in [0.25, 0.3) is 10.3 Å². The lowest BCUT2D eigenvalue weighted by atomic mass is 10.2. The first-order chi connectivity index (χ1) is 11.9. The predicted octanol–water partition coefficient (Wildman–Crippen LogP) is 3.33. The number of carbonyl (C=O) groups excluding carboxylic acids is 1. The van der Waals surface area contributed by atoms with E-state index >= 15 is 0 Å². The number of aromatic nitrogens is 3. The van der Waals surface area contributed by atoms with Crippen molar-refractivity contribution >= 4 is 50.2 Å². The second-order valence-electron chi connectivity index (χ2n) is 5.52. The van der Waals surface area contributed by atoms with E-state index in [9.17, 15) is 9.18 Å². The fourth-order valence-corrected chi connectivity index (χ4v) is 3.88. The van der Waals surface area contributed by atoms with Crippen LogP contribution in [0.1, 0.15) is 5.56 Å². The number of nitrogens with one attached hydrogen (secondary N) is 1. The van der Waals surface area contributed by atoms with E-state index in [0.717, 1.165) is 15.4 Å². The number of hydrogen-bond donors (Lipinski definition) is 1. The third kappa shape index (κ3) is 4.05. The average Bonchev–Trinajstić information content (AvgIpc) is 3.01. The summed E-state index contributed by atoms with van der Waals surface area (Å²) in [6.45, 7) is 1.82. The summed E-state index contributed by atoms with van der Waals surface area (Å²) >= 11 is 2.79. The summed E-state index contributed by atoms with van der Waals surface area (Å²) in [6, 6.07) is 4.31. The van der Waals surface area contributed by atoms with E-state index < -0.39 is 0 Å². The highest BCUT2D eigenvalue weighted by Crippen LogP contribution is 2.32.